The fraction of sp³-hybridized carbons (Fsp3) is 0.414. The Kier molecular flexibility index (Phi) is 25.2. The first-order valence-corrected chi connectivity index (χ1v) is 11.6. The Morgan fingerprint density at radius 2 is 1.52 bits per heavy atom. The second kappa shape index (κ2) is 23.7. The number of nitrogens with zero attached hydrogens (tertiary/aromatic N) is 1. The van der Waals surface area contributed by atoms with Gasteiger partial charge in [-0.1, -0.05) is 90.6 Å². The van der Waals surface area contributed by atoms with Gasteiger partial charge in [-0.25, -0.2) is 4.98 Å². The molecule has 0 radical (unpaired) electrons. The normalized spacial score (nSPS) is 12.8. The lowest BCUT2D eigenvalue weighted by Crippen LogP contribution is -2.28. The van der Waals surface area contributed by atoms with Crippen LogP contribution in [0.5, 0.6) is 0 Å². The Morgan fingerprint density at radius 3 is 2.00 bits per heavy atom. The number of hydrogen-bond acceptors (Lipinski definition) is 2. The quantitative estimate of drug-likeness (QED) is 0.328. The molecule has 0 aliphatic heterocycles. The summed E-state index contributed by atoms with van der Waals surface area (Å²) in [5, 5.41) is 2.01. The SMILES string of the molecule is C=C/C=c1/nc(CO/C(C)=C/C(/C=C\C)=C(C)/C=C\C)cc/c1=C/C.CC.CC.CC. The summed E-state index contributed by atoms with van der Waals surface area (Å²) >= 11 is 0. The van der Waals surface area contributed by atoms with E-state index in [9.17, 15) is 0 Å². The van der Waals surface area contributed by atoms with Crippen LogP contribution in [0.1, 0.15) is 81.9 Å². The minimum Gasteiger partial charge on any atom is -0.492 e. The zero-order chi connectivity index (χ0) is 24.7. The monoisotopic (exact) mass is 425 g/mol. The minimum atomic E-state index is 0.441. The molecule has 2 heteroatoms. The van der Waals surface area contributed by atoms with E-state index in [0.717, 1.165) is 27.6 Å². The van der Waals surface area contributed by atoms with Crippen molar-refractivity contribution < 1.29 is 4.74 Å². The van der Waals surface area contributed by atoms with Crippen molar-refractivity contribution >= 4 is 12.2 Å². The van der Waals surface area contributed by atoms with Crippen molar-refractivity contribution in [1.29, 1.82) is 0 Å². The van der Waals surface area contributed by atoms with Crippen molar-refractivity contribution in [3.05, 3.63) is 88.3 Å². The summed E-state index contributed by atoms with van der Waals surface area (Å²) in [4.78, 5) is 4.64. The second-order valence-electron chi connectivity index (χ2n) is 5.65. The molecular weight excluding hydrogens is 378 g/mol. The van der Waals surface area contributed by atoms with Gasteiger partial charge in [0.15, 0.2) is 0 Å². The topological polar surface area (TPSA) is 22.1 Å². The average Bonchev–Trinajstić information content (AvgIpc) is 2.82. The van der Waals surface area contributed by atoms with E-state index in [1.807, 2.05) is 99.6 Å². The first-order valence-electron chi connectivity index (χ1n) is 11.6. The molecule has 0 saturated carbocycles. The molecule has 0 bridgehead atoms. The van der Waals surface area contributed by atoms with E-state index in [2.05, 4.69) is 42.8 Å². The third kappa shape index (κ3) is 14.9. The number of hydrogen-bond donors (Lipinski definition) is 0. The van der Waals surface area contributed by atoms with Crippen molar-refractivity contribution in [1.82, 2.24) is 4.98 Å². The molecule has 1 rings (SSSR count). The number of aromatic nitrogens is 1. The van der Waals surface area contributed by atoms with E-state index < -0.39 is 0 Å². The van der Waals surface area contributed by atoms with Crippen molar-refractivity contribution in [2.75, 3.05) is 0 Å². The van der Waals surface area contributed by atoms with Gasteiger partial charge in [-0.05, 0) is 69.2 Å². The predicted octanol–water partition coefficient (Wildman–Crippen LogP) is 7.82. The van der Waals surface area contributed by atoms with Crippen LogP contribution in [-0.2, 0) is 11.3 Å². The van der Waals surface area contributed by atoms with Crippen molar-refractivity contribution in [2.24, 2.45) is 0 Å². The summed E-state index contributed by atoms with van der Waals surface area (Å²) in [5.41, 5.74) is 3.24. The zero-order valence-corrected chi connectivity index (χ0v) is 22.0. The molecule has 0 aromatic carbocycles. The molecule has 0 fully saturated rings. The molecule has 0 unspecified atom stereocenters. The van der Waals surface area contributed by atoms with Gasteiger partial charge in [-0.3, -0.25) is 0 Å². The summed E-state index contributed by atoms with van der Waals surface area (Å²) in [5.74, 6) is 0.860. The number of rotatable bonds is 7. The summed E-state index contributed by atoms with van der Waals surface area (Å²) in [6.07, 6.45) is 16.0. The molecule has 0 aliphatic carbocycles. The van der Waals surface area contributed by atoms with Crippen LogP contribution in [0.4, 0.5) is 0 Å². The lowest BCUT2D eigenvalue weighted by molar-refractivity contribution is 0.197. The summed E-state index contributed by atoms with van der Waals surface area (Å²) in [6.45, 7) is 26.3. The van der Waals surface area contributed by atoms with Gasteiger partial charge in [0.2, 0.25) is 0 Å². The summed E-state index contributed by atoms with van der Waals surface area (Å²) in [6, 6.07) is 4.05. The highest BCUT2D eigenvalue weighted by atomic mass is 16.5. The first-order chi connectivity index (χ1) is 15.0. The van der Waals surface area contributed by atoms with Gasteiger partial charge in [0.1, 0.15) is 6.61 Å². The molecule has 1 aromatic heterocycles. The predicted molar refractivity (Wildman–Crippen MR) is 143 cm³/mol. The highest BCUT2D eigenvalue weighted by molar-refractivity contribution is 5.40. The Balaban J connectivity index is -0.00000120. The van der Waals surface area contributed by atoms with Crippen LogP contribution >= 0.6 is 0 Å². The van der Waals surface area contributed by atoms with Gasteiger partial charge in [-0.15, -0.1) is 0 Å². The number of allylic oxidation sites excluding steroid dienone is 9. The molecule has 0 aliphatic rings. The lowest BCUT2D eigenvalue weighted by atomic mass is 10.1. The van der Waals surface area contributed by atoms with E-state index in [-0.39, 0.29) is 0 Å². The summed E-state index contributed by atoms with van der Waals surface area (Å²) < 4.78 is 5.90. The number of ether oxygens (including phenoxy) is 1. The summed E-state index contributed by atoms with van der Waals surface area (Å²) in [7, 11) is 0. The van der Waals surface area contributed by atoms with Crippen molar-refractivity contribution in [3.63, 3.8) is 0 Å². The van der Waals surface area contributed by atoms with E-state index in [1.165, 1.54) is 5.57 Å². The molecule has 174 valence electrons. The molecule has 0 N–H and O–H groups in total. The van der Waals surface area contributed by atoms with E-state index in [4.69, 9.17) is 4.74 Å². The molecular formula is C29H47NO. The zero-order valence-electron chi connectivity index (χ0n) is 22.0. The van der Waals surface area contributed by atoms with Crippen LogP contribution in [0.3, 0.4) is 0 Å². The third-order valence-corrected chi connectivity index (χ3v) is 3.63. The average molecular weight is 426 g/mol. The van der Waals surface area contributed by atoms with Crippen LogP contribution in [0.15, 0.2) is 72.1 Å². The second-order valence-corrected chi connectivity index (χ2v) is 5.65. The Morgan fingerprint density at radius 1 is 0.935 bits per heavy atom. The lowest BCUT2D eigenvalue weighted by Gasteiger charge is -2.08. The fourth-order valence-electron chi connectivity index (χ4n) is 2.37. The molecule has 1 heterocycles. The molecule has 2 nitrogen and oxygen atoms in total. The maximum Gasteiger partial charge on any atom is 0.130 e. The molecule has 0 saturated heterocycles. The van der Waals surface area contributed by atoms with Crippen LogP contribution in [0.25, 0.3) is 12.2 Å². The van der Waals surface area contributed by atoms with Crippen LogP contribution < -0.4 is 10.6 Å². The maximum atomic E-state index is 5.90. The number of pyridine rings is 1. The minimum absolute atomic E-state index is 0.441. The van der Waals surface area contributed by atoms with E-state index in [1.54, 1.807) is 6.08 Å². The van der Waals surface area contributed by atoms with Crippen LogP contribution in [0, 0.1) is 0 Å². The first kappa shape index (κ1) is 33.0. The molecule has 1 aromatic rings. The van der Waals surface area contributed by atoms with E-state index >= 15 is 0 Å². The van der Waals surface area contributed by atoms with Gasteiger partial charge in [-0.2, -0.15) is 0 Å². The van der Waals surface area contributed by atoms with Crippen LogP contribution in [0.2, 0.25) is 0 Å². The Hall–Kier alpha value is -2.61. The van der Waals surface area contributed by atoms with Gasteiger partial charge < -0.3 is 4.74 Å². The fourth-order valence-corrected chi connectivity index (χ4v) is 2.37. The highest BCUT2D eigenvalue weighted by Gasteiger charge is 1.99. The highest BCUT2D eigenvalue weighted by Crippen LogP contribution is 2.13. The largest absolute Gasteiger partial charge is 0.492 e. The standard InChI is InChI=1S/C23H29NO.3C2H6/c1-7-11-18(5)21(12-8-2)16-19(6)25-17-22-15-14-20(10-4)23(24-22)13-9-3;3*1-2/h7-16H,3,17H2,1-2,4-6H3;3*1-2H3/b11-7-,12-8-,19-16+,20-10-,21-18+,23-13+;;;. The van der Waals surface area contributed by atoms with Gasteiger partial charge >= 0.3 is 0 Å². The van der Waals surface area contributed by atoms with Gasteiger partial charge in [0.05, 0.1) is 16.8 Å². The maximum absolute atomic E-state index is 5.90. The molecule has 0 amide bonds. The Bertz CT molecular complexity index is 821. The third-order valence-electron chi connectivity index (χ3n) is 3.63. The van der Waals surface area contributed by atoms with Crippen molar-refractivity contribution in [3.8, 4) is 0 Å². The smallest absolute Gasteiger partial charge is 0.130 e. The van der Waals surface area contributed by atoms with Gasteiger partial charge in [0.25, 0.3) is 0 Å². The van der Waals surface area contributed by atoms with Crippen LogP contribution in [-0.4, -0.2) is 4.98 Å². The molecule has 0 atom stereocenters. The van der Waals surface area contributed by atoms with E-state index in [0.29, 0.717) is 6.61 Å². The van der Waals surface area contributed by atoms with Crippen molar-refractivity contribution in [2.45, 2.75) is 82.8 Å². The Labute approximate surface area is 193 Å². The molecule has 31 heavy (non-hydrogen) atoms. The molecule has 0 spiro atoms. The van der Waals surface area contributed by atoms with Gasteiger partial charge in [0, 0.05) is 0 Å².